The molecule has 0 saturated carbocycles. The monoisotopic (exact) mass is 196 g/mol. The van der Waals surface area contributed by atoms with Crippen LogP contribution in [0, 0.1) is 5.82 Å². The molecule has 3 heteroatoms. The molecule has 0 radical (unpaired) electrons. The fourth-order valence-electron chi connectivity index (χ4n) is 1.35. The molecule has 1 heterocycles. The predicted octanol–water partition coefficient (Wildman–Crippen LogP) is 2.50. The molecule has 1 aromatic heterocycles. The minimum atomic E-state index is -0.233. The summed E-state index contributed by atoms with van der Waals surface area (Å²) in [6.07, 6.45) is 3.86. The van der Waals surface area contributed by atoms with E-state index in [4.69, 9.17) is 0 Å². The summed E-state index contributed by atoms with van der Waals surface area (Å²) in [7, 11) is 0. The van der Waals surface area contributed by atoms with E-state index < -0.39 is 0 Å². The van der Waals surface area contributed by atoms with Crippen LogP contribution in [-0.2, 0) is 6.54 Å². The van der Waals surface area contributed by atoms with Crippen molar-refractivity contribution in [2.75, 3.05) is 0 Å². The van der Waals surface area contributed by atoms with Crippen molar-refractivity contribution < 1.29 is 4.39 Å². The maximum atomic E-state index is 13.1. The minimum Gasteiger partial charge on any atom is -0.309 e. The highest BCUT2D eigenvalue weighted by Gasteiger charge is 2.04. The van der Waals surface area contributed by atoms with Crippen molar-refractivity contribution >= 4 is 0 Å². The summed E-state index contributed by atoms with van der Waals surface area (Å²) in [5.41, 5.74) is 0.496. The zero-order valence-electron chi connectivity index (χ0n) is 8.76. The number of pyridine rings is 1. The first kappa shape index (κ1) is 11.1. The first-order valence-electron chi connectivity index (χ1n) is 5.06. The second kappa shape index (κ2) is 5.70. The quantitative estimate of drug-likeness (QED) is 0.782. The Bertz CT molecular complexity index is 276. The second-order valence-electron chi connectivity index (χ2n) is 3.50. The molecule has 1 atom stereocenters. The van der Waals surface area contributed by atoms with Gasteiger partial charge in [-0.2, -0.15) is 0 Å². The van der Waals surface area contributed by atoms with Gasteiger partial charge in [-0.1, -0.05) is 13.3 Å². The Hall–Kier alpha value is -0.960. The Kier molecular flexibility index (Phi) is 4.53. The van der Waals surface area contributed by atoms with Crippen molar-refractivity contribution in [3.63, 3.8) is 0 Å². The molecule has 0 spiro atoms. The lowest BCUT2D eigenvalue weighted by Crippen LogP contribution is -2.26. The lowest BCUT2D eigenvalue weighted by molar-refractivity contribution is 0.490. The maximum absolute atomic E-state index is 13.1. The van der Waals surface area contributed by atoms with Crippen LogP contribution < -0.4 is 5.32 Å². The molecule has 1 rings (SSSR count). The minimum absolute atomic E-state index is 0.233. The summed E-state index contributed by atoms with van der Waals surface area (Å²) in [6, 6.07) is 3.46. The lowest BCUT2D eigenvalue weighted by Gasteiger charge is -2.12. The van der Waals surface area contributed by atoms with Gasteiger partial charge in [-0.25, -0.2) is 4.39 Å². The van der Waals surface area contributed by atoms with Gasteiger partial charge in [0.15, 0.2) is 0 Å². The van der Waals surface area contributed by atoms with Crippen LogP contribution in [0.4, 0.5) is 4.39 Å². The van der Waals surface area contributed by atoms with Crippen LogP contribution in [0.2, 0.25) is 0 Å². The van der Waals surface area contributed by atoms with E-state index in [2.05, 4.69) is 24.1 Å². The van der Waals surface area contributed by atoms with Crippen LogP contribution in [0.1, 0.15) is 32.4 Å². The van der Waals surface area contributed by atoms with E-state index in [1.54, 1.807) is 12.3 Å². The largest absolute Gasteiger partial charge is 0.309 e. The molecule has 0 amide bonds. The zero-order chi connectivity index (χ0) is 10.4. The molecule has 1 N–H and O–H groups in total. The van der Waals surface area contributed by atoms with Crippen LogP contribution in [0.25, 0.3) is 0 Å². The van der Waals surface area contributed by atoms with E-state index in [9.17, 15) is 4.39 Å². The van der Waals surface area contributed by atoms with Crippen LogP contribution in [0.5, 0.6) is 0 Å². The van der Waals surface area contributed by atoms with Crippen molar-refractivity contribution in [1.29, 1.82) is 0 Å². The number of nitrogens with one attached hydrogen (secondary N) is 1. The molecule has 0 aliphatic rings. The van der Waals surface area contributed by atoms with Gasteiger partial charge in [0.2, 0.25) is 0 Å². The third-order valence-corrected chi connectivity index (χ3v) is 2.17. The third-order valence-electron chi connectivity index (χ3n) is 2.17. The molecular formula is C11H17FN2. The first-order chi connectivity index (χ1) is 6.74. The number of hydrogen-bond acceptors (Lipinski definition) is 2. The van der Waals surface area contributed by atoms with Gasteiger partial charge in [0.25, 0.3) is 0 Å². The predicted molar refractivity (Wildman–Crippen MR) is 55.4 cm³/mol. The summed E-state index contributed by atoms with van der Waals surface area (Å²) in [4.78, 5) is 3.97. The second-order valence-corrected chi connectivity index (χ2v) is 3.50. The number of aromatic nitrogens is 1. The molecule has 0 aromatic carbocycles. The number of nitrogens with zero attached hydrogens (tertiary/aromatic N) is 1. The van der Waals surface area contributed by atoms with E-state index >= 15 is 0 Å². The Balaban J connectivity index is 2.41. The van der Waals surface area contributed by atoms with Crippen molar-refractivity contribution in [1.82, 2.24) is 10.3 Å². The van der Waals surface area contributed by atoms with Crippen LogP contribution >= 0.6 is 0 Å². The zero-order valence-corrected chi connectivity index (χ0v) is 8.76. The lowest BCUT2D eigenvalue weighted by atomic mass is 10.2. The first-order valence-corrected chi connectivity index (χ1v) is 5.06. The summed E-state index contributed by atoms with van der Waals surface area (Å²) in [6.45, 7) is 4.75. The van der Waals surface area contributed by atoms with Crippen molar-refractivity contribution in [2.45, 2.75) is 39.3 Å². The Morgan fingerprint density at radius 3 is 3.00 bits per heavy atom. The molecular weight excluding hydrogens is 179 g/mol. The van der Waals surface area contributed by atoms with Gasteiger partial charge in [0.05, 0.1) is 5.69 Å². The van der Waals surface area contributed by atoms with Crippen LogP contribution in [-0.4, -0.2) is 11.0 Å². The highest BCUT2D eigenvalue weighted by molar-refractivity contribution is 5.06. The SMILES string of the molecule is CCCC(C)NCc1ncccc1F. The molecule has 0 saturated heterocycles. The molecule has 1 unspecified atom stereocenters. The van der Waals surface area contributed by atoms with Gasteiger partial charge < -0.3 is 5.32 Å². The molecule has 78 valence electrons. The van der Waals surface area contributed by atoms with E-state index in [1.165, 1.54) is 6.07 Å². The van der Waals surface area contributed by atoms with Gasteiger partial charge >= 0.3 is 0 Å². The number of halogens is 1. The molecule has 0 fully saturated rings. The topological polar surface area (TPSA) is 24.9 Å². The number of hydrogen-bond donors (Lipinski definition) is 1. The smallest absolute Gasteiger partial charge is 0.146 e. The highest BCUT2D eigenvalue weighted by atomic mass is 19.1. The van der Waals surface area contributed by atoms with Gasteiger partial charge in [-0.3, -0.25) is 4.98 Å². The van der Waals surface area contributed by atoms with E-state index in [0.29, 0.717) is 18.3 Å². The maximum Gasteiger partial charge on any atom is 0.146 e. The van der Waals surface area contributed by atoms with Crippen LogP contribution in [0.15, 0.2) is 18.3 Å². The molecule has 0 aliphatic carbocycles. The van der Waals surface area contributed by atoms with Crippen molar-refractivity contribution in [2.24, 2.45) is 0 Å². The Morgan fingerprint density at radius 1 is 1.57 bits per heavy atom. The standard InChI is InChI=1S/C11H17FN2/c1-3-5-9(2)14-8-11-10(12)6-4-7-13-11/h4,6-7,9,14H,3,5,8H2,1-2H3. The summed E-state index contributed by atoms with van der Waals surface area (Å²) >= 11 is 0. The molecule has 0 bridgehead atoms. The summed E-state index contributed by atoms with van der Waals surface area (Å²) in [5.74, 6) is -0.233. The Morgan fingerprint density at radius 2 is 2.36 bits per heavy atom. The molecule has 14 heavy (non-hydrogen) atoms. The summed E-state index contributed by atoms with van der Waals surface area (Å²) < 4.78 is 13.1. The van der Waals surface area contributed by atoms with Crippen LogP contribution in [0.3, 0.4) is 0 Å². The van der Waals surface area contributed by atoms with Gasteiger partial charge in [-0.15, -0.1) is 0 Å². The van der Waals surface area contributed by atoms with E-state index in [0.717, 1.165) is 12.8 Å². The summed E-state index contributed by atoms with van der Waals surface area (Å²) in [5, 5.41) is 3.24. The van der Waals surface area contributed by atoms with Gasteiger partial charge in [-0.05, 0) is 25.5 Å². The fraction of sp³-hybridized carbons (Fsp3) is 0.545. The third kappa shape index (κ3) is 3.42. The van der Waals surface area contributed by atoms with Crippen molar-refractivity contribution in [3.8, 4) is 0 Å². The molecule has 0 aliphatic heterocycles. The highest BCUT2D eigenvalue weighted by Crippen LogP contribution is 2.03. The van der Waals surface area contributed by atoms with E-state index in [-0.39, 0.29) is 5.82 Å². The molecule has 1 aromatic rings. The number of rotatable bonds is 5. The normalized spacial score (nSPS) is 12.8. The van der Waals surface area contributed by atoms with Gasteiger partial charge in [0.1, 0.15) is 5.82 Å². The van der Waals surface area contributed by atoms with Crippen molar-refractivity contribution in [3.05, 3.63) is 29.8 Å². The average molecular weight is 196 g/mol. The average Bonchev–Trinajstić information content (AvgIpc) is 2.17. The Labute approximate surface area is 84.6 Å². The van der Waals surface area contributed by atoms with E-state index in [1.807, 2.05) is 0 Å². The molecule has 2 nitrogen and oxygen atoms in total. The van der Waals surface area contributed by atoms with Gasteiger partial charge in [0, 0.05) is 18.8 Å². The fourth-order valence-corrected chi connectivity index (χ4v) is 1.35.